The molecule has 1 aromatic rings. The first-order valence-corrected chi connectivity index (χ1v) is 5.08. The van der Waals surface area contributed by atoms with Crippen molar-refractivity contribution in [2.24, 2.45) is 23.9 Å². The first kappa shape index (κ1) is 14.3. The van der Waals surface area contributed by atoms with Crippen molar-refractivity contribution < 1.29 is 18.4 Å². The second-order valence-electron chi connectivity index (χ2n) is 3.70. The summed E-state index contributed by atoms with van der Waals surface area (Å²) in [6.45, 7) is -0.258. The van der Waals surface area contributed by atoms with Gasteiger partial charge in [0, 0.05) is 26.3 Å². The number of halogens is 3. The van der Waals surface area contributed by atoms with Crippen LogP contribution < -0.4 is 11.1 Å². The van der Waals surface area contributed by atoms with E-state index in [1.54, 1.807) is 24.0 Å². The Morgan fingerprint density at radius 3 is 2.78 bits per heavy atom. The molecule has 0 spiro atoms. The maximum atomic E-state index is 12.6. The van der Waals surface area contributed by atoms with Crippen LogP contribution in [-0.4, -0.2) is 33.5 Å². The number of hydrogen-bond acceptors (Lipinski definition) is 4. The van der Waals surface area contributed by atoms with Crippen LogP contribution in [0.15, 0.2) is 17.4 Å². The maximum absolute atomic E-state index is 12.6. The van der Waals surface area contributed by atoms with E-state index in [1.165, 1.54) is 0 Å². The fourth-order valence-corrected chi connectivity index (χ4v) is 1.38. The molecule has 0 aliphatic heterocycles. The van der Waals surface area contributed by atoms with Crippen molar-refractivity contribution in [1.29, 1.82) is 0 Å². The average Bonchev–Trinajstić information content (AvgIpc) is 2.68. The standard InChI is InChI=1S/C9H14F3N5O/c1-17-6(2-3-15-17)4-14-5-7(8(13)16-18)9(10,11)12/h2-3,7,14,18H,4-5H2,1H3,(H2,13,16). The van der Waals surface area contributed by atoms with Crippen LogP contribution in [0.4, 0.5) is 13.2 Å². The van der Waals surface area contributed by atoms with Crippen LogP contribution in [0.2, 0.25) is 0 Å². The van der Waals surface area contributed by atoms with Crippen LogP contribution >= 0.6 is 0 Å². The molecule has 0 aliphatic rings. The third-order valence-electron chi connectivity index (χ3n) is 2.44. The molecule has 0 saturated heterocycles. The molecule has 102 valence electrons. The first-order valence-electron chi connectivity index (χ1n) is 5.08. The van der Waals surface area contributed by atoms with Gasteiger partial charge >= 0.3 is 6.18 Å². The predicted octanol–water partition coefficient (Wildman–Crippen LogP) is 0.435. The third-order valence-corrected chi connectivity index (χ3v) is 2.44. The SMILES string of the molecule is Cn1nccc1CNCC(/C(N)=N/O)C(F)(F)F. The Labute approximate surface area is 101 Å². The van der Waals surface area contributed by atoms with Gasteiger partial charge in [0.05, 0.1) is 5.69 Å². The van der Waals surface area contributed by atoms with Gasteiger partial charge in [0.15, 0.2) is 5.84 Å². The molecular weight excluding hydrogens is 251 g/mol. The summed E-state index contributed by atoms with van der Waals surface area (Å²) in [5.41, 5.74) is 5.75. The number of hydrogen-bond donors (Lipinski definition) is 3. The van der Waals surface area contributed by atoms with E-state index in [2.05, 4.69) is 15.6 Å². The lowest BCUT2D eigenvalue weighted by Gasteiger charge is -2.19. The van der Waals surface area contributed by atoms with Crippen LogP contribution in [0.3, 0.4) is 0 Å². The highest BCUT2D eigenvalue weighted by Gasteiger charge is 2.42. The Morgan fingerprint density at radius 2 is 2.33 bits per heavy atom. The molecule has 0 saturated carbocycles. The lowest BCUT2D eigenvalue weighted by Crippen LogP contribution is -2.42. The summed E-state index contributed by atoms with van der Waals surface area (Å²) in [6, 6.07) is 1.68. The van der Waals surface area contributed by atoms with Gasteiger partial charge in [-0.1, -0.05) is 5.16 Å². The number of oxime groups is 1. The number of nitrogens with one attached hydrogen (secondary N) is 1. The molecular formula is C9H14F3N5O. The van der Waals surface area contributed by atoms with Crippen molar-refractivity contribution >= 4 is 5.84 Å². The zero-order chi connectivity index (χ0) is 13.8. The fourth-order valence-electron chi connectivity index (χ4n) is 1.38. The van der Waals surface area contributed by atoms with E-state index in [0.717, 1.165) is 5.69 Å². The van der Waals surface area contributed by atoms with Gasteiger partial charge in [-0.15, -0.1) is 0 Å². The first-order chi connectivity index (χ1) is 8.36. The molecule has 1 aromatic heterocycles. The molecule has 6 nitrogen and oxygen atoms in total. The number of rotatable bonds is 5. The highest BCUT2D eigenvalue weighted by molar-refractivity contribution is 5.83. The van der Waals surface area contributed by atoms with Crippen molar-refractivity contribution in [3.8, 4) is 0 Å². The van der Waals surface area contributed by atoms with Gasteiger partial charge < -0.3 is 16.3 Å². The number of nitrogens with two attached hydrogens (primary N) is 1. The molecule has 0 aromatic carbocycles. The molecule has 18 heavy (non-hydrogen) atoms. The van der Waals surface area contributed by atoms with Gasteiger partial charge in [-0.2, -0.15) is 18.3 Å². The number of aryl methyl sites for hydroxylation is 1. The largest absolute Gasteiger partial charge is 0.409 e. The fraction of sp³-hybridized carbons (Fsp3) is 0.556. The molecule has 1 unspecified atom stereocenters. The smallest absolute Gasteiger partial charge is 0.400 e. The zero-order valence-electron chi connectivity index (χ0n) is 9.65. The van der Waals surface area contributed by atoms with Crippen molar-refractivity contribution in [1.82, 2.24) is 15.1 Å². The Morgan fingerprint density at radius 1 is 1.67 bits per heavy atom. The third kappa shape index (κ3) is 3.62. The Hall–Kier alpha value is -1.77. The van der Waals surface area contributed by atoms with Crippen LogP contribution in [0.5, 0.6) is 0 Å². The average molecular weight is 265 g/mol. The minimum Gasteiger partial charge on any atom is -0.409 e. The summed E-state index contributed by atoms with van der Waals surface area (Å²) in [6.07, 6.45) is -3.02. The molecule has 1 heterocycles. The summed E-state index contributed by atoms with van der Waals surface area (Å²) >= 11 is 0. The van der Waals surface area contributed by atoms with E-state index >= 15 is 0 Å². The molecule has 1 atom stereocenters. The summed E-state index contributed by atoms with van der Waals surface area (Å²) in [5.74, 6) is -2.88. The van der Waals surface area contributed by atoms with E-state index in [4.69, 9.17) is 10.9 Å². The van der Waals surface area contributed by atoms with E-state index in [-0.39, 0.29) is 6.54 Å². The zero-order valence-corrected chi connectivity index (χ0v) is 9.65. The highest BCUT2D eigenvalue weighted by atomic mass is 19.4. The maximum Gasteiger partial charge on any atom is 0.400 e. The van der Waals surface area contributed by atoms with Gasteiger partial charge in [-0.05, 0) is 6.07 Å². The normalized spacial score (nSPS) is 14.8. The lowest BCUT2D eigenvalue weighted by atomic mass is 10.1. The quantitative estimate of drug-likeness (QED) is 0.312. The van der Waals surface area contributed by atoms with Crippen molar-refractivity contribution in [3.05, 3.63) is 18.0 Å². The van der Waals surface area contributed by atoms with E-state index < -0.39 is 24.5 Å². The van der Waals surface area contributed by atoms with E-state index in [0.29, 0.717) is 0 Å². The van der Waals surface area contributed by atoms with Gasteiger partial charge in [0.1, 0.15) is 5.92 Å². The minimum atomic E-state index is -4.56. The summed E-state index contributed by atoms with van der Waals surface area (Å²) in [4.78, 5) is 0. The van der Waals surface area contributed by atoms with Crippen molar-refractivity contribution in [3.63, 3.8) is 0 Å². The molecule has 0 bridgehead atoms. The molecule has 9 heteroatoms. The Bertz CT molecular complexity index is 415. The summed E-state index contributed by atoms with van der Waals surface area (Å²) < 4.78 is 39.3. The minimum absolute atomic E-state index is 0.210. The van der Waals surface area contributed by atoms with Crippen LogP contribution in [0.1, 0.15) is 5.69 Å². The predicted molar refractivity (Wildman–Crippen MR) is 57.9 cm³/mol. The number of nitrogens with zero attached hydrogens (tertiary/aromatic N) is 3. The molecule has 0 fully saturated rings. The number of alkyl halides is 3. The number of amidine groups is 1. The molecule has 0 radical (unpaired) electrons. The lowest BCUT2D eigenvalue weighted by molar-refractivity contribution is -0.155. The van der Waals surface area contributed by atoms with Crippen LogP contribution in [0.25, 0.3) is 0 Å². The summed E-state index contributed by atoms with van der Waals surface area (Å²) in [7, 11) is 1.68. The Balaban J connectivity index is 2.56. The van der Waals surface area contributed by atoms with Crippen LogP contribution in [0, 0.1) is 5.92 Å². The van der Waals surface area contributed by atoms with Gasteiger partial charge in [0.2, 0.25) is 0 Å². The van der Waals surface area contributed by atoms with Gasteiger partial charge in [-0.3, -0.25) is 4.68 Å². The summed E-state index contributed by atoms with van der Waals surface area (Å²) in [5, 5.41) is 17.2. The van der Waals surface area contributed by atoms with Gasteiger partial charge in [0.25, 0.3) is 0 Å². The Kier molecular flexibility index (Phi) is 4.54. The molecule has 1 rings (SSSR count). The second-order valence-corrected chi connectivity index (χ2v) is 3.70. The van der Waals surface area contributed by atoms with Gasteiger partial charge in [-0.25, -0.2) is 0 Å². The molecule has 4 N–H and O–H groups in total. The van der Waals surface area contributed by atoms with E-state index in [1.807, 2.05) is 0 Å². The van der Waals surface area contributed by atoms with Crippen molar-refractivity contribution in [2.75, 3.05) is 6.54 Å². The monoisotopic (exact) mass is 265 g/mol. The topological polar surface area (TPSA) is 88.5 Å². The highest BCUT2D eigenvalue weighted by Crippen LogP contribution is 2.25. The second kappa shape index (κ2) is 5.71. The molecule has 0 amide bonds. The van der Waals surface area contributed by atoms with Crippen LogP contribution in [-0.2, 0) is 13.6 Å². The van der Waals surface area contributed by atoms with Crippen molar-refractivity contribution in [2.45, 2.75) is 12.7 Å². The van der Waals surface area contributed by atoms with E-state index in [9.17, 15) is 13.2 Å². The number of aromatic nitrogens is 2. The molecule has 0 aliphatic carbocycles.